The molecular formula is C10H10Cl2N2O5. The van der Waals surface area contributed by atoms with Crippen molar-refractivity contribution in [2.24, 2.45) is 0 Å². The number of aliphatic hydroxyl groups is 2. The largest absolute Gasteiger partial charge is 0.387 e. The Morgan fingerprint density at radius 2 is 2.21 bits per heavy atom. The lowest BCUT2D eigenvalue weighted by atomic mass is 10.2. The molecule has 2 heterocycles. The molecule has 3 N–H and O–H groups in total. The molecule has 1 aliphatic carbocycles. The van der Waals surface area contributed by atoms with Crippen LogP contribution in [0.15, 0.2) is 21.9 Å². The maximum absolute atomic E-state index is 11.7. The predicted molar refractivity (Wildman–Crippen MR) is 65.5 cm³/mol. The lowest BCUT2D eigenvalue weighted by Crippen LogP contribution is -2.39. The molecule has 0 aromatic carbocycles. The molecule has 3 rings (SSSR count). The zero-order valence-electron chi connectivity index (χ0n) is 9.42. The maximum atomic E-state index is 11.7. The molecule has 0 radical (unpaired) electrons. The average molecular weight is 309 g/mol. The van der Waals surface area contributed by atoms with E-state index in [0.717, 1.165) is 10.6 Å². The van der Waals surface area contributed by atoms with Gasteiger partial charge in [-0.1, -0.05) is 0 Å². The SMILES string of the molecule is O=c1ccn([C@@H]2O[C@]3(CCl)C(O)[C@]3(O)[C@H]2Cl)c(=O)[nH]1. The van der Waals surface area contributed by atoms with Crippen LogP contribution in [0.1, 0.15) is 6.23 Å². The summed E-state index contributed by atoms with van der Waals surface area (Å²) in [5.74, 6) is -0.164. The molecule has 1 saturated heterocycles. The number of alkyl halides is 2. The summed E-state index contributed by atoms with van der Waals surface area (Å²) < 4.78 is 6.53. The van der Waals surface area contributed by atoms with Crippen LogP contribution in [0.2, 0.25) is 0 Å². The summed E-state index contributed by atoms with van der Waals surface area (Å²) in [6.45, 7) is 0. The Bertz CT molecular complexity index is 641. The lowest BCUT2D eigenvalue weighted by Gasteiger charge is -2.22. The van der Waals surface area contributed by atoms with E-state index >= 15 is 0 Å². The molecule has 0 amide bonds. The molecule has 1 aromatic heterocycles. The number of halogens is 2. The van der Waals surface area contributed by atoms with E-state index in [0.29, 0.717) is 0 Å². The van der Waals surface area contributed by atoms with Crippen LogP contribution >= 0.6 is 23.2 Å². The van der Waals surface area contributed by atoms with Crippen LogP contribution in [0.4, 0.5) is 0 Å². The molecule has 1 aromatic rings. The molecular weight excluding hydrogens is 299 g/mol. The van der Waals surface area contributed by atoms with Gasteiger partial charge in [0.15, 0.2) is 6.23 Å². The third-order valence-corrected chi connectivity index (χ3v) is 4.72. The van der Waals surface area contributed by atoms with Gasteiger partial charge in [0.2, 0.25) is 0 Å². The number of aliphatic hydroxyl groups excluding tert-OH is 1. The minimum atomic E-state index is -1.70. The zero-order valence-corrected chi connectivity index (χ0v) is 10.9. The van der Waals surface area contributed by atoms with E-state index in [-0.39, 0.29) is 5.88 Å². The summed E-state index contributed by atoms with van der Waals surface area (Å²) in [7, 11) is 0. The molecule has 5 atom stereocenters. The average Bonchev–Trinajstić information content (AvgIpc) is 2.73. The van der Waals surface area contributed by atoms with Crippen molar-refractivity contribution in [1.82, 2.24) is 9.55 Å². The number of fused-ring (bicyclic) bond motifs is 1. The molecule has 7 nitrogen and oxygen atoms in total. The van der Waals surface area contributed by atoms with Crippen molar-refractivity contribution in [2.45, 2.75) is 28.9 Å². The van der Waals surface area contributed by atoms with Gasteiger partial charge in [0.05, 0.1) is 5.88 Å². The van der Waals surface area contributed by atoms with Crippen molar-refractivity contribution in [3.63, 3.8) is 0 Å². The second-order valence-corrected chi connectivity index (χ2v) is 5.42. The Kier molecular flexibility index (Phi) is 2.65. The fourth-order valence-corrected chi connectivity index (χ4v) is 3.47. The minimum absolute atomic E-state index is 0.164. The van der Waals surface area contributed by atoms with Crippen molar-refractivity contribution in [2.75, 3.05) is 5.88 Å². The lowest BCUT2D eigenvalue weighted by molar-refractivity contribution is -0.0560. The van der Waals surface area contributed by atoms with Crippen LogP contribution < -0.4 is 11.2 Å². The molecule has 2 aliphatic rings. The number of aromatic nitrogens is 2. The first-order chi connectivity index (χ1) is 8.88. The second kappa shape index (κ2) is 3.83. The number of ether oxygens (including phenoxy) is 1. The van der Waals surface area contributed by atoms with Gasteiger partial charge in [-0.15, -0.1) is 23.2 Å². The highest BCUT2D eigenvalue weighted by Crippen LogP contribution is 2.64. The van der Waals surface area contributed by atoms with Gasteiger partial charge in [-0.3, -0.25) is 14.3 Å². The first kappa shape index (κ1) is 13.1. The summed E-state index contributed by atoms with van der Waals surface area (Å²) in [5.41, 5.74) is -4.34. The zero-order chi connectivity index (χ0) is 14.0. The van der Waals surface area contributed by atoms with Gasteiger partial charge in [0.25, 0.3) is 5.56 Å². The Labute approximate surface area is 116 Å². The number of nitrogens with zero attached hydrogens (tertiary/aromatic N) is 1. The summed E-state index contributed by atoms with van der Waals surface area (Å²) in [6, 6.07) is 1.13. The number of hydrogen-bond acceptors (Lipinski definition) is 5. The van der Waals surface area contributed by atoms with E-state index in [1.54, 1.807) is 0 Å². The fraction of sp³-hybridized carbons (Fsp3) is 0.600. The third-order valence-electron chi connectivity index (χ3n) is 3.78. The highest BCUT2D eigenvalue weighted by Gasteiger charge is 2.86. The third kappa shape index (κ3) is 1.39. The van der Waals surface area contributed by atoms with Gasteiger partial charge in [0.1, 0.15) is 22.7 Å². The van der Waals surface area contributed by atoms with Gasteiger partial charge >= 0.3 is 5.69 Å². The Morgan fingerprint density at radius 1 is 1.53 bits per heavy atom. The number of hydrogen-bond donors (Lipinski definition) is 3. The van der Waals surface area contributed by atoms with Gasteiger partial charge in [0, 0.05) is 12.3 Å². The molecule has 1 saturated carbocycles. The van der Waals surface area contributed by atoms with E-state index < -0.39 is 40.2 Å². The van der Waals surface area contributed by atoms with Crippen molar-refractivity contribution < 1.29 is 14.9 Å². The van der Waals surface area contributed by atoms with Crippen molar-refractivity contribution in [3.8, 4) is 0 Å². The van der Waals surface area contributed by atoms with E-state index in [1.165, 1.54) is 6.20 Å². The molecule has 1 aliphatic heterocycles. The molecule has 1 unspecified atom stereocenters. The molecule has 0 spiro atoms. The normalized spacial score (nSPS) is 44.1. The van der Waals surface area contributed by atoms with E-state index in [1.807, 2.05) is 0 Å². The van der Waals surface area contributed by atoms with Crippen LogP contribution in [0, 0.1) is 0 Å². The minimum Gasteiger partial charge on any atom is -0.387 e. The Morgan fingerprint density at radius 3 is 2.74 bits per heavy atom. The molecule has 19 heavy (non-hydrogen) atoms. The van der Waals surface area contributed by atoms with Crippen LogP contribution in [-0.2, 0) is 4.74 Å². The molecule has 104 valence electrons. The summed E-state index contributed by atoms with van der Waals surface area (Å²) in [5, 5.41) is 18.9. The number of rotatable bonds is 2. The highest BCUT2D eigenvalue weighted by molar-refractivity contribution is 6.23. The number of aromatic amines is 1. The van der Waals surface area contributed by atoms with Gasteiger partial charge in [-0.05, 0) is 0 Å². The Hall–Kier alpha value is -0.860. The predicted octanol–water partition coefficient (Wildman–Crippen LogP) is -1.24. The number of nitrogens with one attached hydrogen (secondary N) is 1. The smallest absolute Gasteiger partial charge is 0.330 e. The van der Waals surface area contributed by atoms with Crippen LogP contribution in [0.5, 0.6) is 0 Å². The van der Waals surface area contributed by atoms with Crippen LogP contribution in [0.25, 0.3) is 0 Å². The summed E-state index contributed by atoms with van der Waals surface area (Å²) >= 11 is 11.8. The quantitative estimate of drug-likeness (QED) is 0.593. The van der Waals surface area contributed by atoms with Gasteiger partial charge in [-0.25, -0.2) is 4.79 Å². The first-order valence-corrected chi connectivity index (χ1v) is 6.45. The number of H-pyrrole nitrogens is 1. The fourth-order valence-electron chi connectivity index (χ4n) is 2.57. The summed E-state index contributed by atoms with van der Waals surface area (Å²) in [4.78, 5) is 24.7. The highest BCUT2D eigenvalue weighted by atomic mass is 35.5. The van der Waals surface area contributed by atoms with Crippen molar-refractivity contribution in [1.29, 1.82) is 0 Å². The topological polar surface area (TPSA) is 105 Å². The van der Waals surface area contributed by atoms with E-state index in [4.69, 9.17) is 27.9 Å². The van der Waals surface area contributed by atoms with Crippen molar-refractivity contribution in [3.05, 3.63) is 33.1 Å². The van der Waals surface area contributed by atoms with Gasteiger partial charge in [-0.2, -0.15) is 0 Å². The van der Waals surface area contributed by atoms with Gasteiger partial charge < -0.3 is 14.9 Å². The standard InChI is InChI=1S/C10H10Cl2N2O5/c11-3-9-7(16)10(9,18)5(12)6(19-9)14-2-1-4(15)13-8(14)17/h1-2,5-7,16,18H,3H2,(H,13,15,17)/t5-,6+,7?,9+,10+/m0/s1. The molecule has 9 heteroatoms. The van der Waals surface area contributed by atoms with E-state index in [2.05, 4.69) is 4.98 Å². The molecule has 2 fully saturated rings. The van der Waals surface area contributed by atoms with Crippen LogP contribution in [-0.4, -0.2) is 48.3 Å². The van der Waals surface area contributed by atoms with E-state index in [9.17, 15) is 19.8 Å². The monoisotopic (exact) mass is 308 g/mol. The van der Waals surface area contributed by atoms with Crippen molar-refractivity contribution >= 4 is 23.2 Å². The second-order valence-electron chi connectivity index (χ2n) is 4.68. The first-order valence-electron chi connectivity index (χ1n) is 5.48. The Balaban J connectivity index is 2.02. The maximum Gasteiger partial charge on any atom is 0.330 e. The molecule has 0 bridgehead atoms. The van der Waals surface area contributed by atoms with Crippen LogP contribution in [0.3, 0.4) is 0 Å². The summed E-state index contributed by atoms with van der Waals surface area (Å²) in [6.07, 6.45) is -1.00.